The molecule has 0 aliphatic heterocycles. The molecule has 2 saturated carbocycles. The third-order valence-electron chi connectivity index (χ3n) is 9.30. The minimum absolute atomic E-state index is 0.144. The van der Waals surface area contributed by atoms with E-state index in [2.05, 4.69) is 58.9 Å². The lowest BCUT2D eigenvalue weighted by Gasteiger charge is -2.53. The second kappa shape index (κ2) is 7.46. The molecule has 0 bridgehead atoms. The summed E-state index contributed by atoms with van der Waals surface area (Å²) in [7, 11) is 0. The monoisotopic (exact) mass is 382 g/mol. The summed E-state index contributed by atoms with van der Waals surface area (Å²) in [6.07, 6.45) is 19.5. The summed E-state index contributed by atoms with van der Waals surface area (Å²) < 4.78 is 0. The summed E-state index contributed by atoms with van der Waals surface area (Å²) >= 11 is 0. The van der Waals surface area contributed by atoms with Crippen LogP contribution in [0.4, 0.5) is 0 Å². The van der Waals surface area contributed by atoms with E-state index < -0.39 is 0 Å². The maximum absolute atomic E-state index is 10.1. The Balaban J connectivity index is 1.54. The van der Waals surface area contributed by atoms with Crippen LogP contribution in [0.1, 0.15) is 86.0 Å². The molecule has 0 aromatic heterocycles. The fourth-order valence-corrected chi connectivity index (χ4v) is 7.61. The van der Waals surface area contributed by atoms with Gasteiger partial charge in [-0.1, -0.05) is 89.3 Å². The van der Waals surface area contributed by atoms with E-state index in [1.807, 2.05) is 0 Å². The lowest BCUT2D eigenvalue weighted by molar-refractivity contribution is 0.0593. The molecule has 0 amide bonds. The lowest BCUT2D eigenvalue weighted by atomic mass is 9.51. The molecular formula is C27H42O. The molecule has 1 N–H and O–H groups in total. The molecule has 28 heavy (non-hydrogen) atoms. The van der Waals surface area contributed by atoms with E-state index in [4.69, 9.17) is 0 Å². The van der Waals surface area contributed by atoms with Gasteiger partial charge in [-0.15, -0.1) is 0 Å². The van der Waals surface area contributed by atoms with Crippen LogP contribution in [0.3, 0.4) is 0 Å². The highest BCUT2D eigenvalue weighted by Gasteiger charge is 2.56. The molecule has 0 aromatic carbocycles. The number of allylic oxidation sites excluding steroid dienone is 4. The van der Waals surface area contributed by atoms with Crippen molar-refractivity contribution >= 4 is 0 Å². The first-order valence-electron chi connectivity index (χ1n) is 12.0. The standard InChI is InChI=1S/C27H42O/c1-18(2)7-6-8-19(3)23-11-12-24-22-10-9-20-17-21(28)13-15-26(20,4)25(22)14-16-27(23,24)5/h9-10,13,15,18-19,21,23-25,28H,6-8,11-12,14,16-17H2,1-5H3/t19-,21+,23-,24+,25+,26+,27-/m1/s1. The highest BCUT2D eigenvalue weighted by Crippen LogP contribution is 2.65. The average Bonchev–Trinajstić information content (AvgIpc) is 2.99. The number of rotatable bonds is 5. The van der Waals surface area contributed by atoms with Crippen molar-refractivity contribution in [3.63, 3.8) is 0 Å². The van der Waals surface area contributed by atoms with Gasteiger partial charge in [0, 0.05) is 5.41 Å². The van der Waals surface area contributed by atoms with Gasteiger partial charge >= 0.3 is 0 Å². The van der Waals surface area contributed by atoms with Crippen LogP contribution in [0, 0.1) is 40.4 Å². The van der Waals surface area contributed by atoms with Crippen LogP contribution < -0.4 is 0 Å². The van der Waals surface area contributed by atoms with Crippen molar-refractivity contribution < 1.29 is 5.11 Å². The zero-order valence-corrected chi connectivity index (χ0v) is 18.9. The van der Waals surface area contributed by atoms with Crippen molar-refractivity contribution in [1.29, 1.82) is 0 Å². The van der Waals surface area contributed by atoms with Crippen molar-refractivity contribution in [2.24, 2.45) is 40.4 Å². The highest BCUT2D eigenvalue weighted by atomic mass is 16.3. The van der Waals surface area contributed by atoms with Gasteiger partial charge in [-0.3, -0.25) is 0 Å². The molecule has 0 unspecified atom stereocenters. The maximum atomic E-state index is 10.1. The molecule has 2 fully saturated rings. The van der Waals surface area contributed by atoms with Crippen LogP contribution in [-0.2, 0) is 0 Å². The Labute approximate surface area is 173 Å². The number of aliphatic hydroxyl groups is 1. The van der Waals surface area contributed by atoms with Gasteiger partial charge in [0.2, 0.25) is 0 Å². The van der Waals surface area contributed by atoms with Crippen LogP contribution in [0.2, 0.25) is 0 Å². The molecular weight excluding hydrogens is 340 g/mol. The van der Waals surface area contributed by atoms with E-state index in [0.717, 1.165) is 30.1 Å². The minimum atomic E-state index is -0.286. The number of hydrogen-bond acceptors (Lipinski definition) is 1. The Hall–Kier alpha value is -0.820. The second-order valence-electron chi connectivity index (χ2n) is 11.4. The van der Waals surface area contributed by atoms with Crippen LogP contribution >= 0.6 is 0 Å². The first-order chi connectivity index (χ1) is 13.3. The summed E-state index contributed by atoms with van der Waals surface area (Å²) in [5.74, 6) is 4.03. The molecule has 4 aliphatic rings. The fraction of sp³-hybridized carbons (Fsp3) is 0.778. The molecule has 0 radical (unpaired) electrons. The van der Waals surface area contributed by atoms with Crippen LogP contribution in [0.5, 0.6) is 0 Å². The van der Waals surface area contributed by atoms with E-state index in [1.165, 1.54) is 50.5 Å². The predicted octanol–water partition coefficient (Wildman–Crippen LogP) is 7.08. The quantitative estimate of drug-likeness (QED) is 0.503. The van der Waals surface area contributed by atoms with Gasteiger partial charge < -0.3 is 5.11 Å². The Morgan fingerprint density at radius 1 is 1.04 bits per heavy atom. The minimum Gasteiger partial charge on any atom is -0.389 e. The second-order valence-corrected chi connectivity index (χ2v) is 11.4. The van der Waals surface area contributed by atoms with Crippen molar-refractivity contribution in [2.45, 2.75) is 92.1 Å². The normalized spacial score (nSPS) is 43.1. The summed E-state index contributed by atoms with van der Waals surface area (Å²) in [4.78, 5) is 0. The smallest absolute Gasteiger partial charge is 0.0758 e. The zero-order chi connectivity index (χ0) is 20.1. The van der Waals surface area contributed by atoms with E-state index in [-0.39, 0.29) is 11.5 Å². The molecule has 1 heteroatoms. The summed E-state index contributed by atoms with van der Waals surface area (Å²) in [6, 6.07) is 0. The van der Waals surface area contributed by atoms with E-state index >= 15 is 0 Å². The lowest BCUT2D eigenvalue weighted by Crippen LogP contribution is -2.45. The Bertz CT molecular complexity index is 682. The predicted molar refractivity (Wildman–Crippen MR) is 119 cm³/mol. The molecule has 0 heterocycles. The van der Waals surface area contributed by atoms with Crippen LogP contribution in [0.15, 0.2) is 35.5 Å². The SMILES string of the molecule is CC(C)CCC[C@@H](C)[C@H]1CC[C@H]2C3=CC=C4C[C@@H](O)C=C[C@]4(C)[C@H]3CC[C@]12C. The van der Waals surface area contributed by atoms with Gasteiger partial charge in [-0.2, -0.15) is 0 Å². The van der Waals surface area contributed by atoms with Gasteiger partial charge in [0.05, 0.1) is 6.10 Å². The molecule has 4 rings (SSSR count). The topological polar surface area (TPSA) is 20.2 Å². The maximum Gasteiger partial charge on any atom is 0.0758 e. The largest absolute Gasteiger partial charge is 0.389 e. The molecule has 4 aliphatic carbocycles. The van der Waals surface area contributed by atoms with Crippen LogP contribution in [-0.4, -0.2) is 11.2 Å². The number of hydrogen-bond donors (Lipinski definition) is 1. The number of fused-ring (bicyclic) bond motifs is 5. The third-order valence-corrected chi connectivity index (χ3v) is 9.30. The van der Waals surface area contributed by atoms with Crippen molar-refractivity contribution in [2.75, 3.05) is 0 Å². The molecule has 1 nitrogen and oxygen atoms in total. The summed E-state index contributed by atoms with van der Waals surface area (Å²) in [5.41, 5.74) is 3.85. The van der Waals surface area contributed by atoms with Gasteiger partial charge in [0.1, 0.15) is 0 Å². The molecule has 0 spiro atoms. The average molecular weight is 383 g/mol. The third kappa shape index (κ3) is 3.26. The first-order valence-corrected chi connectivity index (χ1v) is 12.0. The molecule has 156 valence electrons. The van der Waals surface area contributed by atoms with Gasteiger partial charge in [-0.05, 0) is 67.1 Å². The van der Waals surface area contributed by atoms with Gasteiger partial charge in [0.15, 0.2) is 0 Å². The van der Waals surface area contributed by atoms with Crippen molar-refractivity contribution in [3.8, 4) is 0 Å². The molecule has 7 atom stereocenters. The number of aliphatic hydroxyl groups excluding tert-OH is 1. The van der Waals surface area contributed by atoms with Gasteiger partial charge in [0.25, 0.3) is 0 Å². The Morgan fingerprint density at radius 3 is 2.57 bits per heavy atom. The van der Waals surface area contributed by atoms with E-state index in [1.54, 1.807) is 5.57 Å². The Kier molecular flexibility index (Phi) is 5.45. The van der Waals surface area contributed by atoms with Crippen molar-refractivity contribution in [1.82, 2.24) is 0 Å². The van der Waals surface area contributed by atoms with Gasteiger partial charge in [-0.25, -0.2) is 0 Å². The molecule has 0 aromatic rings. The molecule has 0 saturated heterocycles. The summed E-state index contributed by atoms with van der Waals surface area (Å²) in [6.45, 7) is 12.3. The zero-order valence-electron chi connectivity index (χ0n) is 18.9. The summed E-state index contributed by atoms with van der Waals surface area (Å²) in [5, 5.41) is 10.1. The fourth-order valence-electron chi connectivity index (χ4n) is 7.61. The van der Waals surface area contributed by atoms with E-state index in [0.29, 0.717) is 11.3 Å². The van der Waals surface area contributed by atoms with Crippen molar-refractivity contribution in [3.05, 3.63) is 35.5 Å². The van der Waals surface area contributed by atoms with Crippen LogP contribution in [0.25, 0.3) is 0 Å². The first kappa shape index (κ1) is 20.5. The van der Waals surface area contributed by atoms with E-state index in [9.17, 15) is 5.11 Å². The highest BCUT2D eigenvalue weighted by molar-refractivity contribution is 5.42. The Morgan fingerprint density at radius 2 is 1.82 bits per heavy atom.